The van der Waals surface area contributed by atoms with Gasteiger partial charge in [-0.05, 0) is 33.4 Å². The zero-order valence-corrected chi connectivity index (χ0v) is 12.4. The Kier molecular flexibility index (Phi) is 9.36. The van der Waals surface area contributed by atoms with Crippen molar-refractivity contribution in [2.24, 2.45) is 0 Å². The van der Waals surface area contributed by atoms with E-state index in [0.717, 1.165) is 12.8 Å². The average Bonchev–Trinajstić information content (AvgIpc) is 2.32. The molecule has 0 spiro atoms. The first-order valence-corrected chi connectivity index (χ1v) is 6.75. The van der Waals surface area contributed by atoms with Gasteiger partial charge in [0.25, 0.3) is 0 Å². The van der Waals surface area contributed by atoms with Crippen LogP contribution >= 0.6 is 0 Å². The van der Waals surface area contributed by atoms with E-state index in [-0.39, 0.29) is 30.8 Å². The van der Waals surface area contributed by atoms with E-state index >= 15 is 0 Å². The summed E-state index contributed by atoms with van der Waals surface area (Å²) in [5.41, 5.74) is 0. The third kappa shape index (κ3) is 9.32. The van der Waals surface area contributed by atoms with Crippen LogP contribution < -0.4 is 10.6 Å². The molecule has 7 heteroatoms. The van der Waals surface area contributed by atoms with Gasteiger partial charge in [-0.25, -0.2) is 0 Å². The topological polar surface area (TPSA) is 98.7 Å². The normalized spacial score (nSPS) is 12.0. The van der Waals surface area contributed by atoms with Crippen molar-refractivity contribution in [3.05, 3.63) is 0 Å². The van der Waals surface area contributed by atoms with Gasteiger partial charge in [0, 0.05) is 20.0 Å². The Bertz CT molecular complexity index is 332. The summed E-state index contributed by atoms with van der Waals surface area (Å²) in [5.74, 6) is -1.14. The molecule has 0 aliphatic carbocycles. The van der Waals surface area contributed by atoms with Crippen LogP contribution in [0.25, 0.3) is 0 Å². The summed E-state index contributed by atoms with van der Waals surface area (Å²) in [6.07, 6.45) is 2.22. The molecule has 116 valence electrons. The number of carbonyl (C=O) groups excluding carboxylic acids is 2. The zero-order valence-electron chi connectivity index (χ0n) is 12.4. The lowest BCUT2D eigenvalue weighted by Crippen LogP contribution is -2.44. The molecule has 0 rings (SSSR count). The first kappa shape index (κ1) is 18.4. The molecule has 0 aromatic carbocycles. The minimum absolute atomic E-state index is 0.0550. The number of hydrogen-bond acceptors (Lipinski definition) is 4. The number of nitrogens with one attached hydrogen (secondary N) is 2. The van der Waals surface area contributed by atoms with Crippen LogP contribution in [0, 0.1) is 0 Å². The summed E-state index contributed by atoms with van der Waals surface area (Å²) < 4.78 is 0. The SMILES string of the molecule is CC(=O)[15NH]CCCCC([13C](=O)N[13CH2][13CH2][13C](=O)O)N(C)C. The summed E-state index contributed by atoms with van der Waals surface area (Å²) in [6.45, 7) is 2.22. The predicted molar refractivity (Wildman–Crippen MR) is 75.3 cm³/mol. The highest BCUT2D eigenvalue weighted by Crippen LogP contribution is 2.06. The smallest absolute Gasteiger partial charge is 0.305 e. The summed E-state index contributed by atoms with van der Waals surface area (Å²) in [6, 6.07) is -0.277. The predicted octanol–water partition coefficient (Wildman–Crippen LogP) is -0.186. The van der Waals surface area contributed by atoms with E-state index in [1.807, 2.05) is 19.0 Å². The highest BCUT2D eigenvalue weighted by atomic mass is 16.5. The lowest BCUT2D eigenvalue weighted by molar-refractivity contribution is -0.137. The number of aliphatic carboxylic acids is 1. The van der Waals surface area contributed by atoms with Gasteiger partial charge in [-0.2, -0.15) is 0 Å². The van der Waals surface area contributed by atoms with Crippen molar-refractivity contribution in [1.29, 1.82) is 0 Å². The van der Waals surface area contributed by atoms with Crippen molar-refractivity contribution in [1.82, 2.24) is 15.5 Å². The lowest BCUT2D eigenvalue weighted by Gasteiger charge is -2.23. The molecule has 2 amide bonds. The third-order valence-electron chi connectivity index (χ3n) is 2.84. The Labute approximate surface area is 119 Å². The lowest BCUT2D eigenvalue weighted by atomic mass is 10.2. The number of nitrogens with zero attached hydrogens (tertiary/aromatic N) is 1. The molecule has 1 unspecified atom stereocenters. The second-order valence-corrected chi connectivity index (χ2v) is 4.89. The molecular formula is C13H25N3O4. The van der Waals surface area contributed by atoms with Gasteiger partial charge < -0.3 is 15.7 Å². The molecule has 0 saturated carbocycles. The van der Waals surface area contributed by atoms with Gasteiger partial charge in [-0.15, -0.1) is 0 Å². The van der Waals surface area contributed by atoms with Gasteiger partial charge in [-0.3, -0.25) is 19.3 Å². The Morgan fingerprint density at radius 2 is 1.75 bits per heavy atom. The summed E-state index contributed by atoms with van der Waals surface area (Å²) in [7, 11) is 3.63. The fraction of sp³-hybridized carbons (Fsp3) is 0.769. The maximum Gasteiger partial charge on any atom is 0.305 e. The zero-order chi connectivity index (χ0) is 15.5. The van der Waals surface area contributed by atoms with E-state index in [2.05, 4.69) is 10.6 Å². The van der Waals surface area contributed by atoms with Gasteiger partial charge in [0.05, 0.1) is 12.5 Å². The average molecular weight is 292 g/mol. The van der Waals surface area contributed by atoms with Crippen LogP contribution in [0.1, 0.15) is 32.6 Å². The van der Waals surface area contributed by atoms with Crippen molar-refractivity contribution in [2.75, 3.05) is 27.2 Å². The van der Waals surface area contributed by atoms with Gasteiger partial charge in [0.2, 0.25) is 11.8 Å². The maximum absolute atomic E-state index is 11.9. The maximum atomic E-state index is 11.9. The van der Waals surface area contributed by atoms with Crippen LogP contribution in [-0.4, -0.2) is 61.0 Å². The van der Waals surface area contributed by atoms with E-state index in [9.17, 15) is 14.4 Å². The van der Waals surface area contributed by atoms with E-state index in [1.54, 1.807) is 0 Å². The van der Waals surface area contributed by atoms with Crippen molar-refractivity contribution < 1.29 is 19.5 Å². The second kappa shape index (κ2) is 10.2. The number of amides is 2. The molecule has 0 aromatic heterocycles. The molecule has 0 aromatic rings. The quantitative estimate of drug-likeness (QED) is 0.294. The molecule has 0 aliphatic rings. The van der Waals surface area contributed by atoms with Crippen molar-refractivity contribution in [3.63, 3.8) is 0 Å². The summed E-state index contributed by atoms with van der Waals surface area (Å²) in [5, 5.41) is 13.9. The largest absolute Gasteiger partial charge is 0.481 e. The monoisotopic (exact) mass is 292 g/mol. The highest BCUT2D eigenvalue weighted by Gasteiger charge is 2.19. The number of rotatable bonds is 10. The van der Waals surface area contributed by atoms with Gasteiger partial charge in [-0.1, -0.05) is 0 Å². The first-order valence-electron chi connectivity index (χ1n) is 6.75. The van der Waals surface area contributed by atoms with Gasteiger partial charge in [0.15, 0.2) is 0 Å². The first-order chi connectivity index (χ1) is 9.34. The molecule has 7 nitrogen and oxygen atoms in total. The van der Waals surface area contributed by atoms with Crippen LogP contribution in [0.5, 0.6) is 0 Å². The van der Waals surface area contributed by atoms with Gasteiger partial charge >= 0.3 is 5.97 Å². The standard InChI is InChI=1S/C13H25N3O4/c1-10(17)14-8-5-4-6-11(16(2)3)13(20)15-9-7-12(18)19/h11H,4-9H2,1-3H3,(H,14,17)(H,15,20)(H,18,19)/i7+1,9+1,12+1,13+1,14+1. The second-order valence-electron chi connectivity index (χ2n) is 4.89. The molecule has 0 radical (unpaired) electrons. The highest BCUT2D eigenvalue weighted by molar-refractivity contribution is 5.82. The third-order valence-corrected chi connectivity index (χ3v) is 2.84. The fourth-order valence-corrected chi connectivity index (χ4v) is 1.76. The van der Waals surface area contributed by atoms with Gasteiger partial charge in [0.1, 0.15) is 0 Å². The number of carbonyl (C=O) groups is 3. The number of carboxylic acids is 1. The van der Waals surface area contributed by atoms with Crippen LogP contribution in [-0.2, 0) is 14.4 Å². The number of carboxylic acid groups (broad SMARTS) is 1. The minimum atomic E-state index is -0.929. The minimum Gasteiger partial charge on any atom is -0.481 e. The molecular weight excluding hydrogens is 267 g/mol. The van der Waals surface area contributed by atoms with E-state index in [1.165, 1.54) is 6.92 Å². The number of likely N-dealkylation sites (N-methyl/N-ethyl adjacent to an activating group) is 1. The van der Waals surface area contributed by atoms with Crippen molar-refractivity contribution >= 4 is 17.8 Å². The molecule has 0 saturated heterocycles. The van der Waals surface area contributed by atoms with Crippen LogP contribution in [0.4, 0.5) is 0 Å². The van der Waals surface area contributed by atoms with Crippen molar-refractivity contribution in [2.45, 2.75) is 38.6 Å². The molecule has 1 atom stereocenters. The Morgan fingerprint density at radius 1 is 1.10 bits per heavy atom. The summed E-state index contributed by atoms with van der Waals surface area (Å²) >= 11 is 0. The molecule has 0 fully saturated rings. The number of hydrogen-bond donors (Lipinski definition) is 3. The molecule has 20 heavy (non-hydrogen) atoms. The molecule has 0 bridgehead atoms. The van der Waals surface area contributed by atoms with E-state index < -0.39 is 5.97 Å². The molecule has 3 N–H and O–H groups in total. The van der Waals surface area contributed by atoms with Crippen LogP contribution in [0.15, 0.2) is 0 Å². The fourth-order valence-electron chi connectivity index (χ4n) is 1.76. The Hall–Kier alpha value is -1.63. The molecule has 0 aliphatic heterocycles. The number of unbranched alkanes of at least 4 members (excludes halogenated alkanes) is 1. The summed E-state index contributed by atoms with van der Waals surface area (Å²) in [4.78, 5) is 34.8. The van der Waals surface area contributed by atoms with E-state index in [4.69, 9.17) is 5.11 Å². The van der Waals surface area contributed by atoms with Crippen LogP contribution in [0.3, 0.4) is 0 Å². The van der Waals surface area contributed by atoms with E-state index in [0.29, 0.717) is 13.0 Å². The Balaban J connectivity index is 3.99. The Morgan fingerprint density at radius 3 is 2.25 bits per heavy atom. The van der Waals surface area contributed by atoms with Crippen molar-refractivity contribution in [3.8, 4) is 0 Å². The molecule has 0 heterocycles. The van der Waals surface area contributed by atoms with Crippen LogP contribution in [0.2, 0.25) is 0 Å².